The van der Waals surface area contributed by atoms with Gasteiger partial charge in [0, 0.05) is 24.3 Å². The Morgan fingerprint density at radius 1 is 1.50 bits per heavy atom. The SMILES string of the molecule is CC#CCCC(O)C=CC1CC(F)(F)C(=O)N1CCCc1ccc(C(=O)O)s1. The van der Waals surface area contributed by atoms with Gasteiger partial charge >= 0.3 is 11.9 Å². The maximum atomic E-state index is 13.9. The fourth-order valence-corrected chi connectivity index (χ4v) is 3.90. The third-order valence-electron chi connectivity index (χ3n) is 4.43. The summed E-state index contributed by atoms with van der Waals surface area (Å²) in [7, 11) is 0. The van der Waals surface area contributed by atoms with Crippen molar-refractivity contribution in [1.82, 2.24) is 4.90 Å². The molecular weight excluding hydrogens is 388 g/mol. The average Bonchev–Trinajstić information content (AvgIpc) is 3.18. The highest BCUT2D eigenvalue weighted by Crippen LogP contribution is 2.34. The van der Waals surface area contributed by atoms with Gasteiger partial charge in [-0.3, -0.25) is 4.79 Å². The number of halogens is 2. The van der Waals surface area contributed by atoms with Crippen LogP contribution in [0.2, 0.25) is 0 Å². The van der Waals surface area contributed by atoms with Crippen LogP contribution in [-0.2, 0) is 11.2 Å². The number of carboxylic acid groups (broad SMARTS) is 1. The molecule has 0 bridgehead atoms. The zero-order chi connectivity index (χ0) is 20.7. The number of alkyl halides is 2. The van der Waals surface area contributed by atoms with Gasteiger partial charge in [0.05, 0.1) is 12.1 Å². The predicted molar refractivity (Wildman–Crippen MR) is 102 cm³/mol. The molecule has 152 valence electrons. The number of thiophene rings is 1. The van der Waals surface area contributed by atoms with Gasteiger partial charge in [-0.1, -0.05) is 12.2 Å². The van der Waals surface area contributed by atoms with Gasteiger partial charge in [-0.25, -0.2) is 4.79 Å². The Morgan fingerprint density at radius 3 is 2.89 bits per heavy atom. The molecule has 5 nitrogen and oxygen atoms in total. The van der Waals surface area contributed by atoms with Gasteiger partial charge in [-0.2, -0.15) is 8.78 Å². The molecule has 1 aliphatic rings. The van der Waals surface area contributed by atoms with Crippen LogP contribution in [0.3, 0.4) is 0 Å². The van der Waals surface area contributed by atoms with E-state index >= 15 is 0 Å². The molecule has 2 N–H and O–H groups in total. The van der Waals surface area contributed by atoms with Crippen LogP contribution in [-0.4, -0.2) is 51.6 Å². The van der Waals surface area contributed by atoms with Crippen LogP contribution < -0.4 is 0 Å². The monoisotopic (exact) mass is 411 g/mol. The van der Waals surface area contributed by atoms with Crippen LogP contribution >= 0.6 is 11.3 Å². The molecule has 0 aliphatic carbocycles. The molecule has 0 radical (unpaired) electrons. The summed E-state index contributed by atoms with van der Waals surface area (Å²) < 4.78 is 27.8. The van der Waals surface area contributed by atoms with Gasteiger partial charge in [0.25, 0.3) is 5.91 Å². The quantitative estimate of drug-likeness (QED) is 0.483. The normalized spacial score (nSPS) is 19.6. The fourth-order valence-electron chi connectivity index (χ4n) is 3.01. The molecule has 1 amide bonds. The van der Waals surface area contributed by atoms with E-state index in [0.717, 1.165) is 21.1 Å². The van der Waals surface area contributed by atoms with Gasteiger partial charge in [-0.15, -0.1) is 23.2 Å². The highest BCUT2D eigenvalue weighted by atomic mass is 32.1. The van der Waals surface area contributed by atoms with E-state index in [4.69, 9.17) is 5.11 Å². The fraction of sp³-hybridized carbons (Fsp3) is 0.500. The van der Waals surface area contributed by atoms with Crippen LogP contribution in [0, 0.1) is 11.8 Å². The van der Waals surface area contributed by atoms with Crippen molar-refractivity contribution in [3.63, 3.8) is 0 Å². The minimum Gasteiger partial charge on any atom is -0.477 e. The first-order chi connectivity index (χ1) is 13.2. The Labute approximate surface area is 166 Å². The van der Waals surface area contributed by atoms with Crippen LogP contribution in [0.1, 0.15) is 47.2 Å². The Hall–Kier alpha value is -2.24. The number of aryl methyl sites for hydroxylation is 1. The highest BCUT2D eigenvalue weighted by Gasteiger charge is 2.52. The van der Waals surface area contributed by atoms with Gasteiger partial charge in [-0.05, 0) is 38.3 Å². The summed E-state index contributed by atoms with van der Waals surface area (Å²) in [6.45, 7) is 1.84. The van der Waals surface area contributed by atoms with Crippen LogP contribution in [0.5, 0.6) is 0 Å². The number of aliphatic hydroxyl groups is 1. The first-order valence-corrected chi connectivity index (χ1v) is 9.83. The average molecular weight is 411 g/mol. The number of carbonyl (C=O) groups is 2. The molecule has 0 saturated carbocycles. The molecule has 8 heteroatoms. The lowest BCUT2D eigenvalue weighted by Gasteiger charge is -2.21. The zero-order valence-corrected chi connectivity index (χ0v) is 16.3. The molecule has 28 heavy (non-hydrogen) atoms. The number of hydrogen-bond acceptors (Lipinski definition) is 4. The van der Waals surface area contributed by atoms with E-state index in [2.05, 4.69) is 11.8 Å². The minimum absolute atomic E-state index is 0.140. The summed E-state index contributed by atoms with van der Waals surface area (Å²) in [5.74, 6) is -0.0700. The number of hydrogen-bond donors (Lipinski definition) is 2. The van der Waals surface area contributed by atoms with E-state index in [1.54, 1.807) is 13.0 Å². The van der Waals surface area contributed by atoms with Crippen molar-refractivity contribution in [3.05, 3.63) is 34.0 Å². The Kier molecular flexibility index (Phi) is 7.72. The number of aromatic carboxylic acids is 1. The van der Waals surface area contributed by atoms with Crippen molar-refractivity contribution in [3.8, 4) is 11.8 Å². The van der Waals surface area contributed by atoms with Crippen LogP contribution in [0.15, 0.2) is 24.3 Å². The van der Waals surface area contributed by atoms with Gasteiger partial charge < -0.3 is 15.1 Å². The molecule has 1 saturated heterocycles. The van der Waals surface area contributed by atoms with Crippen molar-refractivity contribution in [1.29, 1.82) is 0 Å². The number of nitrogens with zero attached hydrogens (tertiary/aromatic N) is 1. The second-order valence-electron chi connectivity index (χ2n) is 6.57. The number of carboxylic acids is 1. The number of carbonyl (C=O) groups excluding carboxylic acids is 1. The smallest absolute Gasteiger partial charge is 0.345 e. The summed E-state index contributed by atoms with van der Waals surface area (Å²) in [4.78, 5) is 25.1. The summed E-state index contributed by atoms with van der Waals surface area (Å²) in [5.41, 5.74) is 0. The van der Waals surface area contributed by atoms with Gasteiger partial charge in [0.2, 0.25) is 0 Å². The second kappa shape index (κ2) is 9.80. The Balaban J connectivity index is 1.94. The molecule has 0 spiro atoms. The molecule has 2 atom stereocenters. The van der Waals surface area contributed by atoms with Crippen molar-refractivity contribution < 1.29 is 28.6 Å². The van der Waals surface area contributed by atoms with Gasteiger partial charge in [0.1, 0.15) is 4.88 Å². The van der Waals surface area contributed by atoms with Crippen molar-refractivity contribution >= 4 is 23.2 Å². The van der Waals surface area contributed by atoms with E-state index in [1.807, 2.05) is 0 Å². The molecule has 2 unspecified atom stereocenters. The summed E-state index contributed by atoms with van der Waals surface area (Å²) in [6, 6.07) is 2.43. The van der Waals surface area contributed by atoms with Gasteiger partial charge in [0.15, 0.2) is 0 Å². The number of aliphatic hydroxyl groups excluding tert-OH is 1. The van der Waals surface area contributed by atoms with E-state index in [0.29, 0.717) is 25.7 Å². The van der Waals surface area contributed by atoms with E-state index < -0.39 is 36.4 Å². The van der Waals surface area contributed by atoms with E-state index in [9.17, 15) is 23.5 Å². The number of amides is 1. The highest BCUT2D eigenvalue weighted by molar-refractivity contribution is 7.13. The topological polar surface area (TPSA) is 77.8 Å². The summed E-state index contributed by atoms with van der Waals surface area (Å²) in [6.07, 6.45) is 3.36. The van der Waals surface area contributed by atoms with Crippen molar-refractivity contribution in [2.45, 2.75) is 57.1 Å². The maximum Gasteiger partial charge on any atom is 0.345 e. The molecular formula is C20H23F2NO4S. The predicted octanol–water partition coefficient (Wildman–Crippen LogP) is 3.34. The van der Waals surface area contributed by atoms with Crippen LogP contribution in [0.25, 0.3) is 0 Å². The minimum atomic E-state index is -3.41. The first-order valence-electron chi connectivity index (χ1n) is 9.01. The first kappa shape index (κ1) is 22.1. The largest absolute Gasteiger partial charge is 0.477 e. The molecule has 0 aromatic carbocycles. The lowest BCUT2D eigenvalue weighted by molar-refractivity contribution is -0.148. The van der Waals surface area contributed by atoms with E-state index in [1.165, 1.54) is 18.2 Å². The van der Waals surface area contributed by atoms with Crippen molar-refractivity contribution in [2.24, 2.45) is 0 Å². The van der Waals surface area contributed by atoms with E-state index in [-0.39, 0.29) is 11.4 Å². The molecule has 1 aliphatic heterocycles. The Bertz CT molecular complexity index is 794. The number of rotatable bonds is 9. The number of likely N-dealkylation sites (tertiary alicyclic amines) is 1. The molecule has 1 aromatic rings. The third kappa shape index (κ3) is 5.88. The zero-order valence-electron chi connectivity index (χ0n) is 15.5. The van der Waals surface area contributed by atoms with Crippen molar-refractivity contribution in [2.75, 3.05) is 6.54 Å². The molecule has 1 fully saturated rings. The second-order valence-corrected chi connectivity index (χ2v) is 7.74. The molecule has 2 heterocycles. The standard InChI is InChI=1S/C20H23F2NO4S/c1-2-3-4-6-15(24)9-8-14-13-20(21,22)19(27)23(14)12-5-7-16-10-11-17(28-16)18(25)26/h8-11,14-15,24H,4-7,12-13H2,1H3,(H,25,26). The molecule has 2 rings (SSSR count). The Morgan fingerprint density at radius 2 is 2.25 bits per heavy atom. The third-order valence-corrected chi connectivity index (χ3v) is 5.56. The maximum absolute atomic E-state index is 13.9. The lowest BCUT2D eigenvalue weighted by atomic mass is 10.1. The summed E-state index contributed by atoms with van der Waals surface area (Å²) >= 11 is 1.14. The van der Waals surface area contributed by atoms with Crippen LogP contribution in [0.4, 0.5) is 8.78 Å². The molecule has 1 aromatic heterocycles. The lowest BCUT2D eigenvalue weighted by Crippen LogP contribution is -2.36. The summed E-state index contributed by atoms with van der Waals surface area (Å²) in [5, 5.41) is 18.8.